The second-order valence-electron chi connectivity index (χ2n) is 10.3. The molecule has 1 heterocycles. The van der Waals surface area contributed by atoms with E-state index in [1.165, 1.54) is 6.08 Å². The lowest BCUT2D eigenvalue weighted by molar-refractivity contribution is -0.122. The zero-order chi connectivity index (χ0) is 30.6. The number of anilines is 1. The van der Waals surface area contributed by atoms with E-state index < -0.39 is 17.8 Å². The first-order chi connectivity index (χ1) is 21.4. The number of amides is 4. The number of carbonyl (C=O) groups is 3. The number of nitrogens with one attached hydrogen (secondary N) is 1. The van der Waals surface area contributed by atoms with Crippen molar-refractivity contribution in [2.24, 2.45) is 0 Å². The number of imide groups is 2. The van der Waals surface area contributed by atoms with Gasteiger partial charge in [0.1, 0.15) is 30.3 Å². The highest BCUT2D eigenvalue weighted by Crippen LogP contribution is 2.33. The van der Waals surface area contributed by atoms with E-state index in [0.717, 1.165) is 36.8 Å². The van der Waals surface area contributed by atoms with Crippen LogP contribution in [-0.2, 0) is 22.8 Å². The van der Waals surface area contributed by atoms with E-state index in [9.17, 15) is 14.4 Å². The summed E-state index contributed by atoms with van der Waals surface area (Å²) in [6.07, 6.45) is 1.50. The molecule has 0 bridgehead atoms. The molecule has 0 saturated carbocycles. The molecule has 44 heavy (non-hydrogen) atoms. The number of hydrogen-bond donors (Lipinski definition) is 1. The number of ether oxygens (including phenoxy) is 2. The van der Waals surface area contributed by atoms with Crippen molar-refractivity contribution in [2.45, 2.75) is 20.1 Å². The van der Waals surface area contributed by atoms with E-state index in [1.807, 2.05) is 91.9 Å². The van der Waals surface area contributed by atoms with E-state index in [0.29, 0.717) is 36.0 Å². The standard InChI is InChI=1S/C36H27BrN2O5/c1-23-5-4-6-25(19-23)22-44-33-18-11-26-7-2-3-8-30(26)31(33)20-32-34(40)38-36(42)39(35(32)41)28-14-16-29(17-15-28)43-21-24-9-12-27(37)13-10-24/h2-20H,21-22H2,1H3,(H,38,40,42)/b32-20+. The van der Waals surface area contributed by atoms with Gasteiger partial charge in [-0.2, -0.15) is 0 Å². The molecule has 1 aliphatic heterocycles. The van der Waals surface area contributed by atoms with E-state index >= 15 is 0 Å². The molecule has 1 fully saturated rings. The van der Waals surface area contributed by atoms with Gasteiger partial charge in [0.2, 0.25) is 0 Å². The number of urea groups is 1. The van der Waals surface area contributed by atoms with E-state index in [-0.39, 0.29) is 5.57 Å². The topological polar surface area (TPSA) is 84.9 Å². The lowest BCUT2D eigenvalue weighted by Crippen LogP contribution is -2.54. The third-order valence-corrected chi connectivity index (χ3v) is 7.74. The molecular weight excluding hydrogens is 620 g/mol. The summed E-state index contributed by atoms with van der Waals surface area (Å²) in [5.41, 5.74) is 3.79. The van der Waals surface area contributed by atoms with Gasteiger partial charge in [0.15, 0.2) is 0 Å². The van der Waals surface area contributed by atoms with Gasteiger partial charge < -0.3 is 9.47 Å². The second-order valence-corrected chi connectivity index (χ2v) is 11.3. The van der Waals surface area contributed by atoms with Crippen molar-refractivity contribution in [3.63, 3.8) is 0 Å². The van der Waals surface area contributed by atoms with Gasteiger partial charge in [0.05, 0.1) is 5.69 Å². The van der Waals surface area contributed by atoms with Crippen molar-refractivity contribution in [2.75, 3.05) is 4.90 Å². The van der Waals surface area contributed by atoms with Crippen LogP contribution in [0.2, 0.25) is 0 Å². The molecule has 0 aliphatic carbocycles. The molecule has 6 rings (SSSR count). The zero-order valence-corrected chi connectivity index (χ0v) is 25.3. The van der Waals surface area contributed by atoms with E-state index in [4.69, 9.17) is 9.47 Å². The van der Waals surface area contributed by atoms with Crippen molar-refractivity contribution >= 4 is 56.3 Å². The Hall–Kier alpha value is -5.21. The summed E-state index contributed by atoms with van der Waals surface area (Å²) in [6.45, 7) is 2.67. The molecule has 4 amide bonds. The maximum atomic E-state index is 13.7. The summed E-state index contributed by atoms with van der Waals surface area (Å²) >= 11 is 3.42. The van der Waals surface area contributed by atoms with Crippen LogP contribution in [0.1, 0.15) is 22.3 Å². The minimum absolute atomic E-state index is 0.183. The summed E-state index contributed by atoms with van der Waals surface area (Å²) < 4.78 is 13.1. The SMILES string of the molecule is Cc1cccc(COc2ccc3ccccc3c2/C=C2\C(=O)NC(=O)N(c3ccc(OCc4ccc(Br)cc4)cc3)C2=O)c1. The van der Waals surface area contributed by atoms with Gasteiger partial charge in [-0.1, -0.05) is 88.2 Å². The van der Waals surface area contributed by atoms with Crippen LogP contribution in [0.3, 0.4) is 0 Å². The number of aryl methyl sites for hydroxylation is 1. The third kappa shape index (κ3) is 6.26. The largest absolute Gasteiger partial charge is 0.489 e. The Morgan fingerprint density at radius 1 is 0.773 bits per heavy atom. The number of halogens is 1. The number of barbiturate groups is 1. The normalized spacial score (nSPS) is 14.2. The maximum Gasteiger partial charge on any atom is 0.335 e. The predicted molar refractivity (Wildman–Crippen MR) is 173 cm³/mol. The molecule has 5 aromatic carbocycles. The van der Waals surface area contributed by atoms with Gasteiger partial charge in [-0.05, 0) is 77.4 Å². The molecule has 0 radical (unpaired) electrons. The smallest absolute Gasteiger partial charge is 0.335 e. The minimum atomic E-state index is -0.825. The van der Waals surface area contributed by atoms with Gasteiger partial charge in [0, 0.05) is 10.0 Å². The van der Waals surface area contributed by atoms with Crippen LogP contribution >= 0.6 is 15.9 Å². The summed E-state index contributed by atoms with van der Waals surface area (Å²) in [7, 11) is 0. The van der Waals surface area contributed by atoms with Crippen LogP contribution in [0, 0.1) is 6.92 Å². The second kappa shape index (κ2) is 12.6. The van der Waals surface area contributed by atoms with Gasteiger partial charge >= 0.3 is 6.03 Å². The van der Waals surface area contributed by atoms with Crippen molar-refractivity contribution in [3.05, 3.63) is 141 Å². The Balaban J connectivity index is 1.29. The van der Waals surface area contributed by atoms with Crippen molar-refractivity contribution in [3.8, 4) is 11.5 Å². The summed E-state index contributed by atoms with van der Waals surface area (Å²) in [6, 6.07) is 32.9. The average molecular weight is 648 g/mol. The fraction of sp³-hybridized carbons (Fsp3) is 0.0833. The molecule has 218 valence electrons. The van der Waals surface area contributed by atoms with E-state index in [1.54, 1.807) is 24.3 Å². The van der Waals surface area contributed by atoms with Crippen LogP contribution in [0.15, 0.2) is 119 Å². The maximum absolute atomic E-state index is 13.7. The van der Waals surface area contributed by atoms with Crippen LogP contribution in [0.25, 0.3) is 16.8 Å². The lowest BCUT2D eigenvalue weighted by Gasteiger charge is -2.26. The van der Waals surface area contributed by atoms with Crippen molar-refractivity contribution in [1.82, 2.24) is 5.32 Å². The van der Waals surface area contributed by atoms with Gasteiger partial charge in [-0.15, -0.1) is 0 Å². The Labute approximate surface area is 262 Å². The quantitative estimate of drug-likeness (QED) is 0.138. The van der Waals surface area contributed by atoms with Crippen LogP contribution in [0.4, 0.5) is 10.5 Å². The van der Waals surface area contributed by atoms with E-state index in [2.05, 4.69) is 21.2 Å². The lowest BCUT2D eigenvalue weighted by atomic mass is 9.99. The Bertz CT molecular complexity index is 1920. The monoisotopic (exact) mass is 646 g/mol. The highest BCUT2D eigenvalue weighted by atomic mass is 79.9. The molecule has 0 spiro atoms. The molecular formula is C36H27BrN2O5. The highest BCUT2D eigenvalue weighted by molar-refractivity contribution is 9.10. The number of benzene rings is 5. The molecule has 0 atom stereocenters. The Morgan fingerprint density at radius 2 is 1.52 bits per heavy atom. The molecule has 1 aliphatic rings. The van der Waals surface area contributed by atoms with Crippen LogP contribution < -0.4 is 19.7 Å². The Morgan fingerprint density at radius 3 is 2.30 bits per heavy atom. The molecule has 7 nitrogen and oxygen atoms in total. The van der Waals surface area contributed by atoms with Crippen molar-refractivity contribution < 1.29 is 23.9 Å². The summed E-state index contributed by atoms with van der Waals surface area (Å²) in [5, 5.41) is 4.03. The number of carbonyl (C=O) groups excluding carboxylic acids is 3. The number of rotatable bonds is 8. The summed E-state index contributed by atoms with van der Waals surface area (Å²) in [5.74, 6) is -0.434. The highest BCUT2D eigenvalue weighted by Gasteiger charge is 2.37. The molecule has 0 aromatic heterocycles. The number of fused-ring (bicyclic) bond motifs is 1. The summed E-state index contributed by atoms with van der Waals surface area (Å²) in [4.78, 5) is 40.6. The predicted octanol–water partition coefficient (Wildman–Crippen LogP) is 7.74. The van der Waals surface area contributed by atoms with Crippen molar-refractivity contribution in [1.29, 1.82) is 0 Å². The van der Waals surface area contributed by atoms with Crippen LogP contribution in [0.5, 0.6) is 11.5 Å². The zero-order valence-electron chi connectivity index (χ0n) is 23.8. The minimum Gasteiger partial charge on any atom is -0.489 e. The molecule has 1 N–H and O–H groups in total. The molecule has 5 aromatic rings. The molecule has 0 unspecified atom stereocenters. The third-order valence-electron chi connectivity index (χ3n) is 7.21. The van der Waals surface area contributed by atoms with Crippen LogP contribution in [-0.4, -0.2) is 17.8 Å². The first kappa shape index (κ1) is 28.9. The van der Waals surface area contributed by atoms with Gasteiger partial charge in [-0.3, -0.25) is 14.9 Å². The fourth-order valence-electron chi connectivity index (χ4n) is 4.99. The molecule has 8 heteroatoms. The van der Waals surface area contributed by atoms with Gasteiger partial charge in [0.25, 0.3) is 11.8 Å². The number of nitrogens with zero attached hydrogens (tertiary/aromatic N) is 1. The van der Waals surface area contributed by atoms with Gasteiger partial charge in [-0.25, -0.2) is 9.69 Å². The molecule has 1 saturated heterocycles. The first-order valence-electron chi connectivity index (χ1n) is 13.9. The first-order valence-corrected chi connectivity index (χ1v) is 14.7. The average Bonchev–Trinajstić information content (AvgIpc) is 3.02. The number of hydrogen-bond acceptors (Lipinski definition) is 5. The fourth-order valence-corrected chi connectivity index (χ4v) is 5.25. The Kier molecular flexibility index (Phi) is 8.25.